The van der Waals surface area contributed by atoms with E-state index >= 15 is 0 Å². The van der Waals surface area contributed by atoms with Gasteiger partial charge < -0.3 is 15.7 Å². The van der Waals surface area contributed by atoms with Gasteiger partial charge >= 0.3 is 5.97 Å². The van der Waals surface area contributed by atoms with Crippen molar-refractivity contribution in [3.63, 3.8) is 0 Å². The largest absolute Gasteiger partial charge is 0.478 e. The van der Waals surface area contributed by atoms with Crippen molar-refractivity contribution < 1.29 is 14.3 Å². The van der Waals surface area contributed by atoms with Crippen LogP contribution < -0.4 is 10.6 Å². The SMILES string of the molecule is CN(CC1CCC1)c1ccc(F)c(N)c1C(=O)O. The topological polar surface area (TPSA) is 66.6 Å². The summed E-state index contributed by atoms with van der Waals surface area (Å²) in [4.78, 5) is 13.0. The Balaban J connectivity index is 2.30. The first-order chi connectivity index (χ1) is 8.50. The van der Waals surface area contributed by atoms with Crippen molar-refractivity contribution in [3.8, 4) is 0 Å². The van der Waals surface area contributed by atoms with Gasteiger partial charge in [0.15, 0.2) is 0 Å². The Morgan fingerprint density at radius 1 is 1.56 bits per heavy atom. The molecule has 0 atom stereocenters. The Labute approximate surface area is 105 Å². The maximum absolute atomic E-state index is 13.3. The minimum absolute atomic E-state index is 0.142. The van der Waals surface area contributed by atoms with Gasteiger partial charge in [-0.25, -0.2) is 9.18 Å². The number of hydrogen-bond donors (Lipinski definition) is 2. The van der Waals surface area contributed by atoms with E-state index in [2.05, 4.69) is 0 Å². The van der Waals surface area contributed by atoms with E-state index in [0.717, 1.165) is 6.54 Å². The molecule has 1 aromatic rings. The number of nitrogen functional groups attached to an aromatic ring is 1. The van der Waals surface area contributed by atoms with Crippen LogP contribution in [-0.4, -0.2) is 24.7 Å². The first-order valence-electron chi connectivity index (χ1n) is 6.03. The van der Waals surface area contributed by atoms with Gasteiger partial charge in [-0.15, -0.1) is 0 Å². The minimum Gasteiger partial charge on any atom is -0.478 e. The number of anilines is 2. The third-order valence-electron chi connectivity index (χ3n) is 3.55. The molecule has 0 unspecified atom stereocenters. The molecule has 0 bridgehead atoms. The molecule has 1 aliphatic rings. The molecule has 18 heavy (non-hydrogen) atoms. The molecule has 98 valence electrons. The van der Waals surface area contributed by atoms with Gasteiger partial charge in [0.2, 0.25) is 0 Å². The number of rotatable bonds is 4. The van der Waals surface area contributed by atoms with E-state index in [1.807, 2.05) is 11.9 Å². The number of halogens is 1. The first kappa shape index (κ1) is 12.7. The molecule has 0 aromatic heterocycles. The van der Waals surface area contributed by atoms with E-state index in [1.54, 1.807) is 0 Å². The number of benzene rings is 1. The van der Waals surface area contributed by atoms with E-state index in [-0.39, 0.29) is 11.3 Å². The zero-order valence-electron chi connectivity index (χ0n) is 10.3. The van der Waals surface area contributed by atoms with Crippen LogP contribution in [0.1, 0.15) is 29.6 Å². The Morgan fingerprint density at radius 3 is 2.72 bits per heavy atom. The van der Waals surface area contributed by atoms with Gasteiger partial charge in [-0.1, -0.05) is 6.42 Å². The fraction of sp³-hybridized carbons (Fsp3) is 0.462. The second-order valence-corrected chi connectivity index (χ2v) is 4.84. The second-order valence-electron chi connectivity index (χ2n) is 4.84. The first-order valence-corrected chi connectivity index (χ1v) is 6.03. The molecule has 0 saturated heterocycles. The fourth-order valence-corrected chi connectivity index (χ4v) is 2.29. The predicted octanol–water partition coefficient (Wildman–Crippen LogP) is 2.34. The molecule has 1 fully saturated rings. The Hall–Kier alpha value is -1.78. The molecule has 0 aliphatic heterocycles. The van der Waals surface area contributed by atoms with Gasteiger partial charge in [-0.3, -0.25) is 0 Å². The molecular weight excluding hydrogens is 235 g/mol. The molecule has 1 aliphatic carbocycles. The molecule has 4 nitrogen and oxygen atoms in total. The highest BCUT2D eigenvalue weighted by atomic mass is 19.1. The smallest absolute Gasteiger partial charge is 0.340 e. The van der Waals surface area contributed by atoms with Crippen LogP contribution in [0.15, 0.2) is 12.1 Å². The Morgan fingerprint density at radius 2 is 2.22 bits per heavy atom. The van der Waals surface area contributed by atoms with E-state index in [4.69, 9.17) is 10.8 Å². The summed E-state index contributed by atoms with van der Waals surface area (Å²) in [5.41, 5.74) is 5.56. The zero-order valence-corrected chi connectivity index (χ0v) is 10.3. The predicted molar refractivity (Wildman–Crippen MR) is 68.4 cm³/mol. The summed E-state index contributed by atoms with van der Waals surface area (Å²) in [6.07, 6.45) is 3.57. The van der Waals surface area contributed by atoms with E-state index in [9.17, 15) is 9.18 Å². The summed E-state index contributed by atoms with van der Waals surface area (Å²) >= 11 is 0. The summed E-state index contributed by atoms with van der Waals surface area (Å²) in [7, 11) is 1.82. The van der Waals surface area contributed by atoms with Gasteiger partial charge in [0.25, 0.3) is 0 Å². The quantitative estimate of drug-likeness (QED) is 0.807. The molecule has 0 radical (unpaired) electrons. The number of hydrogen-bond acceptors (Lipinski definition) is 3. The van der Waals surface area contributed by atoms with Crippen LogP contribution in [0.5, 0.6) is 0 Å². The minimum atomic E-state index is -1.19. The summed E-state index contributed by atoms with van der Waals surface area (Å²) in [6, 6.07) is 2.70. The molecular formula is C13H17FN2O2. The van der Waals surface area contributed by atoms with Crippen molar-refractivity contribution >= 4 is 17.3 Å². The van der Waals surface area contributed by atoms with Crippen molar-refractivity contribution in [3.05, 3.63) is 23.5 Å². The van der Waals surface area contributed by atoms with Gasteiger partial charge in [0, 0.05) is 13.6 Å². The maximum Gasteiger partial charge on any atom is 0.340 e. The lowest BCUT2D eigenvalue weighted by molar-refractivity contribution is 0.0698. The van der Waals surface area contributed by atoms with Gasteiger partial charge in [0.1, 0.15) is 11.4 Å². The van der Waals surface area contributed by atoms with Gasteiger partial charge in [-0.2, -0.15) is 0 Å². The highest BCUT2D eigenvalue weighted by Crippen LogP contribution is 2.32. The van der Waals surface area contributed by atoms with Crippen LogP contribution >= 0.6 is 0 Å². The molecule has 5 heteroatoms. The van der Waals surface area contributed by atoms with Crippen LogP contribution in [0.4, 0.5) is 15.8 Å². The van der Waals surface area contributed by atoms with Crippen molar-refractivity contribution in [2.45, 2.75) is 19.3 Å². The molecule has 1 saturated carbocycles. The number of carboxylic acid groups (broad SMARTS) is 1. The summed E-state index contributed by atoms with van der Waals surface area (Å²) in [5, 5.41) is 9.15. The molecule has 0 heterocycles. The van der Waals surface area contributed by atoms with Crippen LogP contribution in [-0.2, 0) is 0 Å². The third-order valence-corrected chi connectivity index (χ3v) is 3.55. The number of carboxylic acids is 1. The zero-order chi connectivity index (χ0) is 13.3. The van der Waals surface area contributed by atoms with Crippen molar-refractivity contribution in [1.82, 2.24) is 0 Å². The maximum atomic E-state index is 13.3. The average molecular weight is 252 g/mol. The lowest BCUT2D eigenvalue weighted by Gasteiger charge is -2.32. The van der Waals surface area contributed by atoms with E-state index < -0.39 is 11.8 Å². The summed E-state index contributed by atoms with van der Waals surface area (Å²) in [5.74, 6) is -1.28. The van der Waals surface area contributed by atoms with Crippen LogP contribution in [0.25, 0.3) is 0 Å². The highest BCUT2D eigenvalue weighted by molar-refractivity contribution is 6.00. The molecule has 0 amide bonds. The van der Waals surface area contributed by atoms with Gasteiger partial charge in [0.05, 0.1) is 11.4 Å². The number of carbonyl (C=O) groups is 1. The fourth-order valence-electron chi connectivity index (χ4n) is 2.29. The number of nitrogens with zero attached hydrogens (tertiary/aromatic N) is 1. The number of nitrogens with two attached hydrogens (primary N) is 1. The lowest BCUT2D eigenvalue weighted by atomic mass is 9.85. The number of aromatic carboxylic acids is 1. The monoisotopic (exact) mass is 252 g/mol. The van der Waals surface area contributed by atoms with E-state index in [1.165, 1.54) is 31.4 Å². The highest BCUT2D eigenvalue weighted by Gasteiger charge is 2.23. The normalized spacial score (nSPS) is 15.2. The molecule has 3 N–H and O–H groups in total. The van der Waals surface area contributed by atoms with Crippen molar-refractivity contribution in [2.75, 3.05) is 24.2 Å². The van der Waals surface area contributed by atoms with Crippen molar-refractivity contribution in [2.24, 2.45) is 5.92 Å². The second kappa shape index (κ2) is 4.84. The molecule has 0 spiro atoms. The third kappa shape index (κ3) is 2.25. The summed E-state index contributed by atoms with van der Waals surface area (Å²) < 4.78 is 13.3. The summed E-state index contributed by atoms with van der Waals surface area (Å²) in [6.45, 7) is 0.783. The Kier molecular flexibility index (Phi) is 3.41. The van der Waals surface area contributed by atoms with Crippen LogP contribution in [0.2, 0.25) is 0 Å². The van der Waals surface area contributed by atoms with Crippen LogP contribution in [0, 0.1) is 11.7 Å². The van der Waals surface area contributed by atoms with E-state index in [0.29, 0.717) is 11.6 Å². The average Bonchev–Trinajstić information content (AvgIpc) is 2.26. The van der Waals surface area contributed by atoms with Crippen LogP contribution in [0.3, 0.4) is 0 Å². The Bertz CT molecular complexity index is 472. The lowest BCUT2D eigenvalue weighted by Crippen LogP contribution is -2.30. The molecule has 2 rings (SSSR count). The molecule has 1 aromatic carbocycles. The van der Waals surface area contributed by atoms with Crippen molar-refractivity contribution in [1.29, 1.82) is 0 Å². The standard InChI is InChI=1S/C13H17FN2O2/c1-16(7-8-3-2-4-8)10-6-5-9(14)12(15)11(10)13(17)18/h5-6,8H,2-4,7,15H2,1H3,(H,17,18). The van der Waals surface area contributed by atoms with Gasteiger partial charge in [-0.05, 0) is 30.9 Å².